The third-order valence-corrected chi connectivity index (χ3v) is 3.77. The van der Waals surface area contributed by atoms with Crippen molar-refractivity contribution in [3.8, 4) is 0 Å². The maximum absolute atomic E-state index is 11.4. The van der Waals surface area contributed by atoms with Crippen LogP contribution in [0.2, 0.25) is 0 Å². The Kier molecular flexibility index (Phi) is 4.28. The van der Waals surface area contributed by atoms with E-state index in [9.17, 15) is 13.2 Å². The van der Waals surface area contributed by atoms with Crippen molar-refractivity contribution in [2.45, 2.75) is 19.8 Å². The van der Waals surface area contributed by atoms with Crippen LogP contribution >= 0.6 is 0 Å². The summed E-state index contributed by atoms with van der Waals surface area (Å²) in [4.78, 5) is 11.0. The van der Waals surface area contributed by atoms with E-state index in [1.54, 1.807) is 6.92 Å². The maximum Gasteiger partial charge on any atom is 0.322 e. The Labute approximate surface area is 95.0 Å². The van der Waals surface area contributed by atoms with Crippen LogP contribution in [0.25, 0.3) is 0 Å². The van der Waals surface area contributed by atoms with Gasteiger partial charge < -0.3 is 9.84 Å². The lowest BCUT2D eigenvalue weighted by molar-refractivity contribution is -0.139. The number of aliphatic hydroxyl groups excluding tert-OH is 1. The van der Waals surface area contributed by atoms with Crippen LogP contribution < -0.4 is 4.72 Å². The topological polar surface area (TPSA) is 92.7 Å². The lowest BCUT2D eigenvalue weighted by atomic mass is 10.1. The molecule has 0 aliphatic heterocycles. The summed E-state index contributed by atoms with van der Waals surface area (Å²) in [6, 6.07) is 0. The number of ether oxygens (including phenoxy) is 1. The third kappa shape index (κ3) is 4.07. The number of nitrogens with one attached hydrogen (secondary N) is 1. The van der Waals surface area contributed by atoms with Crippen LogP contribution in [-0.2, 0) is 19.6 Å². The molecular weight excluding hydrogens is 234 g/mol. The Balaban J connectivity index is 2.37. The molecule has 1 rings (SSSR count). The van der Waals surface area contributed by atoms with Gasteiger partial charge in [0.05, 0.1) is 6.61 Å². The highest BCUT2D eigenvalue weighted by molar-refractivity contribution is 7.90. The van der Waals surface area contributed by atoms with E-state index in [1.807, 2.05) is 0 Å². The molecule has 1 fully saturated rings. The van der Waals surface area contributed by atoms with Gasteiger partial charge in [-0.25, -0.2) is 13.1 Å². The molecule has 0 aromatic rings. The zero-order chi connectivity index (χ0) is 12.2. The zero-order valence-electron chi connectivity index (χ0n) is 9.23. The second-order valence-electron chi connectivity index (χ2n) is 4.04. The van der Waals surface area contributed by atoms with Crippen molar-refractivity contribution in [3.63, 3.8) is 0 Å². The molecule has 1 saturated carbocycles. The van der Waals surface area contributed by atoms with Gasteiger partial charge in [-0.2, -0.15) is 0 Å². The zero-order valence-corrected chi connectivity index (χ0v) is 10.0. The highest BCUT2D eigenvalue weighted by atomic mass is 32.2. The minimum absolute atomic E-state index is 0.0328. The van der Waals surface area contributed by atoms with Gasteiger partial charge in [-0.05, 0) is 19.8 Å². The fraction of sp³-hybridized carbons (Fsp3) is 0.889. The van der Waals surface area contributed by atoms with Crippen molar-refractivity contribution in [2.75, 3.05) is 25.5 Å². The number of hydrogen-bond donors (Lipinski definition) is 2. The molecule has 0 saturated heterocycles. The number of carbonyl (C=O) groups excluding carboxylic acids is 1. The first-order valence-corrected chi connectivity index (χ1v) is 6.82. The Morgan fingerprint density at radius 1 is 1.50 bits per heavy atom. The van der Waals surface area contributed by atoms with Crippen LogP contribution in [0.4, 0.5) is 0 Å². The second-order valence-corrected chi connectivity index (χ2v) is 5.85. The fourth-order valence-corrected chi connectivity index (χ4v) is 2.26. The lowest BCUT2D eigenvalue weighted by Crippen LogP contribution is -2.36. The molecule has 0 radical (unpaired) electrons. The second kappa shape index (κ2) is 5.11. The molecule has 2 N–H and O–H groups in total. The van der Waals surface area contributed by atoms with Gasteiger partial charge in [0, 0.05) is 18.6 Å². The van der Waals surface area contributed by atoms with Gasteiger partial charge in [-0.15, -0.1) is 0 Å². The summed E-state index contributed by atoms with van der Waals surface area (Å²) in [6.07, 6.45) is 1.62. The average molecular weight is 251 g/mol. The summed E-state index contributed by atoms with van der Waals surface area (Å²) in [5, 5.41) is 8.99. The first-order valence-electron chi connectivity index (χ1n) is 5.17. The highest BCUT2D eigenvalue weighted by Gasteiger charge is 2.42. The van der Waals surface area contributed by atoms with Crippen LogP contribution in [0.5, 0.6) is 0 Å². The van der Waals surface area contributed by atoms with Crippen LogP contribution in [0, 0.1) is 5.41 Å². The lowest BCUT2D eigenvalue weighted by Gasteiger charge is -2.12. The maximum atomic E-state index is 11.4. The average Bonchev–Trinajstić information content (AvgIpc) is 2.95. The Bertz CT molecular complexity index is 347. The number of hydrogen-bond acceptors (Lipinski definition) is 5. The van der Waals surface area contributed by atoms with E-state index in [0.29, 0.717) is 0 Å². The number of esters is 1. The number of carbonyl (C=O) groups is 1. The minimum atomic E-state index is -3.64. The van der Waals surface area contributed by atoms with Gasteiger partial charge in [0.15, 0.2) is 5.75 Å². The van der Waals surface area contributed by atoms with Crippen molar-refractivity contribution in [1.29, 1.82) is 0 Å². The van der Waals surface area contributed by atoms with E-state index in [4.69, 9.17) is 5.11 Å². The van der Waals surface area contributed by atoms with E-state index in [1.165, 1.54) is 0 Å². The molecule has 94 valence electrons. The van der Waals surface area contributed by atoms with Crippen LogP contribution in [0.1, 0.15) is 19.8 Å². The van der Waals surface area contributed by atoms with Gasteiger partial charge in [0.1, 0.15) is 0 Å². The molecule has 0 atom stereocenters. The first kappa shape index (κ1) is 13.4. The Hall–Kier alpha value is -0.660. The first-order chi connectivity index (χ1) is 7.43. The van der Waals surface area contributed by atoms with E-state index >= 15 is 0 Å². The third-order valence-electron chi connectivity index (χ3n) is 2.57. The van der Waals surface area contributed by atoms with Crippen LogP contribution in [-0.4, -0.2) is 45.0 Å². The predicted molar refractivity (Wildman–Crippen MR) is 57.2 cm³/mol. The molecule has 1 aliphatic carbocycles. The normalized spacial score (nSPS) is 18.1. The van der Waals surface area contributed by atoms with Crippen molar-refractivity contribution >= 4 is 16.0 Å². The van der Waals surface area contributed by atoms with E-state index in [-0.39, 0.29) is 25.2 Å². The number of aliphatic hydroxyl groups is 1. The predicted octanol–water partition coefficient (Wildman–Crippen LogP) is -0.759. The summed E-state index contributed by atoms with van der Waals surface area (Å²) < 4.78 is 29.7. The van der Waals surface area contributed by atoms with Crippen LogP contribution in [0.3, 0.4) is 0 Å². The molecule has 16 heavy (non-hydrogen) atoms. The number of rotatable bonds is 7. The van der Waals surface area contributed by atoms with Crippen molar-refractivity contribution in [2.24, 2.45) is 5.41 Å². The molecule has 0 amide bonds. The molecule has 0 aromatic carbocycles. The standard InChI is InChI=1S/C9H17NO5S/c1-2-15-8(12)5-16(13,14)10-6-9(7-11)3-4-9/h10-11H,2-7H2,1H3. The van der Waals surface area contributed by atoms with E-state index in [2.05, 4.69) is 9.46 Å². The quantitative estimate of drug-likeness (QED) is 0.580. The van der Waals surface area contributed by atoms with E-state index in [0.717, 1.165) is 12.8 Å². The molecule has 1 aliphatic rings. The van der Waals surface area contributed by atoms with Gasteiger partial charge in [0.2, 0.25) is 10.0 Å². The van der Waals surface area contributed by atoms with E-state index < -0.39 is 21.7 Å². The monoisotopic (exact) mass is 251 g/mol. The molecule has 0 heterocycles. The molecule has 0 aromatic heterocycles. The molecule has 0 bridgehead atoms. The summed E-state index contributed by atoms with van der Waals surface area (Å²) in [5.74, 6) is -1.42. The summed E-state index contributed by atoms with van der Waals surface area (Å²) >= 11 is 0. The highest BCUT2D eigenvalue weighted by Crippen LogP contribution is 2.44. The molecular formula is C9H17NO5S. The minimum Gasteiger partial charge on any atom is -0.465 e. The fourth-order valence-electron chi connectivity index (χ4n) is 1.24. The smallest absolute Gasteiger partial charge is 0.322 e. The van der Waals surface area contributed by atoms with Crippen molar-refractivity contribution < 1.29 is 23.1 Å². The Morgan fingerprint density at radius 2 is 2.12 bits per heavy atom. The summed E-state index contributed by atoms with van der Waals surface area (Å²) in [6.45, 7) is 1.93. The van der Waals surface area contributed by atoms with Crippen molar-refractivity contribution in [1.82, 2.24) is 4.72 Å². The van der Waals surface area contributed by atoms with Crippen molar-refractivity contribution in [3.05, 3.63) is 0 Å². The largest absolute Gasteiger partial charge is 0.465 e. The number of sulfonamides is 1. The molecule has 6 nitrogen and oxygen atoms in total. The summed E-state index contributed by atoms with van der Waals surface area (Å²) in [5.41, 5.74) is -0.304. The van der Waals surface area contributed by atoms with Gasteiger partial charge in [0.25, 0.3) is 0 Å². The van der Waals surface area contributed by atoms with Gasteiger partial charge in [-0.1, -0.05) is 0 Å². The summed E-state index contributed by atoms with van der Waals surface area (Å²) in [7, 11) is -3.64. The van der Waals surface area contributed by atoms with Gasteiger partial charge in [-0.3, -0.25) is 4.79 Å². The Morgan fingerprint density at radius 3 is 2.56 bits per heavy atom. The molecule has 0 spiro atoms. The molecule has 7 heteroatoms. The van der Waals surface area contributed by atoms with Gasteiger partial charge >= 0.3 is 5.97 Å². The molecule has 0 unspecified atom stereocenters. The van der Waals surface area contributed by atoms with Crippen LogP contribution in [0.15, 0.2) is 0 Å². The SMILES string of the molecule is CCOC(=O)CS(=O)(=O)NCC1(CO)CC1.